The van der Waals surface area contributed by atoms with Gasteiger partial charge in [0.2, 0.25) is 5.88 Å². The second kappa shape index (κ2) is 12.6. The van der Waals surface area contributed by atoms with Gasteiger partial charge in [0.15, 0.2) is 5.82 Å². The molecule has 198 valence electrons. The molecule has 5 nitrogen and oxygen atoms in total. The third-order valence-electron chi connectivity index (χ3n) is 7.52. The smallest absolute Gasteiger partial charge is 0.223 e. The van der Waals surface area contributed by atoms with E-state index in [0.717, 1.165) is 59.8 Å². The van der Waals surface area contributed by atoms with Crippen molar-refractivity contribution in [2.75, 3.05) is 13.2 Å². The third kappa shape index (κ3) is 6.51. The Morgan fingerprint density at radius 2 is 1.76 bits per heavy atom. The van der Waals surface area contributed by atoms with Crippen LogP contribution in [-0.2, 0) is 19.4 Å². The van der Waals surface area contributed by atoms with E-state index in [2.05, 4.69) is 76.3 Å². The van der Waals surface area contributed by atoms with Crippen LogP contribution in [0.1, 0.15) is 86.4 Å². The Morgan fingerprint density at radius 3 is 2.41 bits per heavy atom. The first-order chi connectivity index (χ1) is 17.9. The van der Waals surface area contributed by atoms with Crippen molar-refractivity contribution in [1.82, 2.24) is 15.3 Å². The van der Waals surface area contributed by atoms with Crippen molar-refractivity contribution in [3.8, 4) is 23.0 Å². The van der Waals surface area contributed by atoms with Gasteiger partial charge in [-0.2, -0.15) is 4.98 Å². The standard InChI is InChI=1S/C32H43N3O2/c1-7-24-11-9-12-25(8-2)30(24)31-34-23(6)28(32(35-31)36-18-16-27-13-10-17-33-27)20-37-29-19-26(21(3)4)15-14-22(29)5/h9,11-12,14-15,19,21,27,33H,7-8,10,13,16-18,20H2,1-6H3. The quantitative estimate of drug-likeness (QED) is 0.303. The minimum atomic E-state index is 0.377. The van der Waals surface area contributed by atoms with Crippen LogP contribution in [0, 0.1) is 13.8 Å². The summed E-state index contributed by atoms with van der Waals surface area (Å²) >= 11 is 0. The second-order valence-electron chi connectivity index (χ2n) is 10.5. The zero-order valence-corrected chi connectivity index (χ0v) is 23.5. The van der Waals surface area contributed by atoms with E-state index in [0.29, 0.717) is 31.1 Å². The minimum Gasteiger partial charge on any atom is -0.488 e. The Balaban J connectivity index is 1.67. The fourth-order valence-electron chi connectivity index (χ4n) is 5.08. The van der Waals surface area contributed by atoms with Crippen LogP contribution >= 0.6 is 0 Å². The summed E-state index contributed by atoms with van der Waals surface area (Å²) in [5.74, 6) is 2.75. The zero-order chi connectivity index (χ0) is 26.4. The Morgan fingerprint density at radius 1 is 1.00 bits per heavy atom. The monoisotopic (exact) mass is 501 g/mol. The number of nitrogens with one attached hydrogen (secondary N) is 1. The number of aromatic nitrogens is 2. The highest BCUT2D eigenvalue weighted by Gasteiger charge is 2.20. The normalized spacial score (nSPS) is 15.4. The van der Waals surface area contributed by atoms with Gasteiger partial charge in [-0.15, -0.1) is 0 Å². The summed E-state index contributed by atoms with van der Waals surface area (Å²) < 4.78 is 12.8. The van der Waals surface area contributed by atoms with E-state index in [1.807, 2.05) is 6.92 Å². The Kier molecular flexibility index (Phi) is 9.20. The minimum absolute atomic E-state index is 0.377. The molecule has 2 heterocycles. The molecule has 1 aliphatic rings. The van der Waals surface area contributed by atoms with Crippen molar-refractivity contribution in [2.45, 2.75) is 92.2 Å². The molecule has 0 saturated carbocycles. The number of ether oxygens (including phenoxy) is 2. The van der Waals surface area contributed by atoms with E-state index < -0.39 is 0 Å². The lowest BCUT2D eigenvalue weighted by Crippen LogP contribution is -2.23. The van der Waals surface area contributed by atoms with Gasteiger partial charge in [-0.3, -0.25) is 0 Å². The van der Waals surface area contributed by atoms with Crippen LogP contribution in [0.2, 0.25) is 0 Å². The van der Waals surface area contributed by atoms with Crippen molar-refractivity contribution in [3.05, 3.63) is 69.9 Å². The molecule has 2 aromatic carbocycles. The highest BCUT2D eigenvalue weighted by molar-refractivity contribution is 5.66. The number of hydrogen-bond acceptors (Lipinski definition) is 5. The number of benzene rings is 2. The number of aryl methyl sites for hydroxylation is 4. The number of rotatable bonds is 11. The van der Waals surface area contributed by atoms with E-state index in [4.69, 9.17) is 19.4 Å². The van der Waals surface area contributed by atoms with E-state index >= 15 is 0 Å². The molecule has 1 fully saturated rings. The van der Waals surface area contributed by atoms with Crippen molar-refractivity contribution >= 4 is 0 Å². The first-order valence-electron chi connectivity index (χ1n) is 14.0. The SMILES string of the molecule is CCc1cccc(CC)c1-c1nc(C)c(COc2cc(C(C)C)ccc2C)c(OCCC2CCCN2)n1. The number of hydrogen-bond donors (Lipinski definition) is 1. The van der Waals surface area contributed by atoms with E-state index in [1.54, 1.807) is 0 Å². The van der Waals surface area contributed by atoms with Crippen LogP contribution in [0.15, 0.2) is 36.4 Å². The van der Waals surface area contributed by atoms with Crippen molar-refractivity contribution in [1.29, 1.82) is 0 Å². The molecule has 5 heteroatoms. The Bertz CT molecular complexity index is 1180. The molecule has 4 rings (SSSR count). The molecule has 1 atom stereocenters. The molecule has 1 aromatic heterocycles. The van der Waals surface area contributed by atoms with Crippen molar-refractivity contribution in [3.63, 3.8) is 0 Å². The molecule has 1 N–H and O–H groups in total. The summed E-state index contributed by atoms with van der Waals surface area (Å²) in [5, 5.41) is 3.57. The van der Waals surface area contributed by atoms with E-state index in [-0.39, 0.29) is 0 Å². The zero-order valence-electron chi connectivity index (χ0n) is 23.5. The molecule has 0 spiro atoms. The molecular formula is C32H43N3O2. The summed E-state index contributed by atoms with van der Waals surface area (Å²) in [7, 11) is 0. The van der Waals surface area contributed by atoms with Gasteiger partial charge in [-0.25, -0.2) is 4.98 Å². The lowest BCUT2D eigenvalue weighted by Gasteiger charge is -2.19. The van der Waals surface area contributed by atoms with Crippen LogP contribution in [0.5, 0.6) is 11.6 Å². The molecule has 0 radical (unpaired) electrons. The summed E-state index contributed by atoms with van der Waals surface area (Å²) in [6.45, 7) is 15.0. The molecule has 0 amide bonds. The van der Waals surface area contributed by atoms with Crippen LogP contribution in [0.3, 0.4) is 0 Å². The molecule has 1 aliphatic heterocycles. The summed E-state index contributed by atoms with van der Waals surface area (Å²) in [5.41, 5.74) is 7.90. The van der Waals surface area contributed by atoms with Crippen molar-refractivity contribution < 1.29 is 9.47 Å². The van der Waals surface area contributed by atoms with Crippen LogP contribution < -0.4 is 14.8 Å². The topological polar surface area (TPSA) is 56.3 Å². The molecular weight excluding hydrogens is 458 g/mol. The van der Waals surface area contributed by atoms with Crippen LogP contribution in [0.4, 0.5) is 0 Å². The molecule has 1 unspecified atom stereocenters. The lowest BCUT2D eigenvalue weighted by atomic mass is 9.96. The largest absolute Gasteiger partial charge is 0.488 e. The molecule has 3 aromatic rings. The second-order valence-corrected chi connectivity index (χ2v) is 10.5. The summed E-state index contributed by atoms with van der Waals surface area (Å²) in [6.07, 6.45) is 5.29. The van der Waals surface area contributed by atoms with Gasteiger partial charge in [0.25, 0.3) is 0 Å². The lowest BCUT2D eigenvalue weighted by molar-refractivity contribution is 0.258. The summed E-state index contributed by atoms with van der Waals surface area (Å²) in [4.78, 5) is 10.0. The maximum absolute atomic E-state index is 6.40. The van der Waals surface area contributed by atoms with E-state index in [9.17, 15) is 0 Å². The molecule has 37 heavy (non-hydrogen) atoms. The summed E-state index contributed by atoms with van der Waals surface area (Å²) in [6, 6.07) is 13.5. The molecule has 0 aliphatic carbocycles. The maximum atomic E-state index is 6.40. The fraction of sp³-hybridized carbons (Fsp3) is 0.500. The van der Waals surface area contributed by atoms with Gasteiger partial charge in [0, 0.05) is 11.6 Å². The Labute approximate surface area is 223 Å². The van der Waals surface area contributed by atoms with Gasteiger partial charge in [-0.05, 0) is 86.7 Å². The van der Waals surface area contributed by atoms with Crippen molar-refractivity contribution in [2.24, 2.45) is 0 Å². The predicted octanol–water partition coefficient (Wildman–Crippen LogP) is 7.11. The highest BCUT2D eigenvalue weighted by atomic mass is 16.5. The molecule has 0 bridgehead atoms. The van der Waals surface area contributed by atoms with Gasteiger partial charge in [-0.1, -0.05) is 58.0 Å². The third-order valence-corrected chi connectivity index (χ3v) is 7.52. The first-order valence-corrected chi connectivity index (χ1v) is 14.0. The predicted molar refractivity (Wildman–Crippen MR) is 152 cm³/mol. The van der Waals surface area contributed by atoms with Gasteiger partial charge >= 0.3 is 0 Å². The van der Waals surface area contributed by atoms with Gasteiger partial charge in [0.1, 0.15) is 12.4 Å². The van der Waals surface area contributed by atoms with Crippen LogP contribution in [0.25, 0.3) is 11.4 Å². The average Bonchev–Trinajstić information content (AvgIpc) is 3.41. The van der Waals surface area contributed by atoms with Gasteiger partial charge < -0.3 is 14.8 Å². The van der Waals surface area contributed by atoms with E-state index in [1.165, 1.54) is 29.5 Å². The average molecular weight is 502 g/mol. The van der Waals surface area contributed by atoms with Crippen LogP contribution in [-0.4, -0.2) is 29.2 Å². The highest BCUT2D eigenvalue weighted by Crippen LogP contribution is 2.32. The fourth-order valence-corrected chi connectivity index (χ4v) is 5.08. The maximum Gasteiger partial charge on any atom is 0.223 e. The number of nitrogens with zero attached hydrogens (tertiary/aromatic N) is 2. The first kappa shape index (κ1) is 27.1. The Hall–Kier alpha value is -2.92. The van der Waals surface area contributed by atoms with Gasteiger partial charge in [0.05, 0.1) is 17.9 Å². The molecule has 1 saturated heterocycles.